The minimum Gasteiger partial charge on any atom is -0.383 e. The third-order valence-corrected chi connectivity index (χ3v) is 3.23. The normalized spacial score (nSPS) is 15.2. The number of hydrogen-bond donors (Lipinski definition) is 2. The largest absolute Gasteiger partial charge is 0.383 e. The van der Waals surface area contributed by atoms with Crippen LogP contribution in [-0.2, 0) is 4.74 Å². The predicted molar refractivity (Wildman–Crippen MR) is 69.5 cm³/mol. The molecule has 0 saturated carbocycles. The molecule has 0 fully saturated rings. The Morgan fingerprint density at radius 2 is 2.20 bits per heavy atom. The minimum atomic E-state index is 0.461. The molecule has 2 atom stereocenters. The van der Waals surface area contributed by atoms with E-state index in [0.29, 0.717) is 6.04 Å². The van der Waals surface area contributed by atoms with Crippen molar-refractivity contribution in [2.24, 2.45) is 11.7 Å². The number of ether oxygens (including phenoxy) is 1. The quantitative estimate of drug-likeness (QED) is 0.599. The number of thioether (sulfide) groups is 1. The molecule has 0 aromatic rings. The van der Waals surface area contributed by atoms with Crippen molar-refractivity contribution in [1.29, 1.82) is 0 Å². The van der Waals surface area contributed by atoms with Crippen LogP contribution in [0.1, 0.15) is 19.8 Å². The van der Waals surface area contributed by atoms with Gasteiger partial charge in [0.2, 0.25) is 0 Å². The molecule has 2 unspecified atom stereocenters. The summed E-state index contributed by atoms with van der Waals surface area (Å²) in [6.45, 7) is 4.89. The van der Waals surface area contributed by atoms with Crippen molar-refractivity contribution in [2.75, 3.05) is 38.8 Å². The highest BCUT2D eigenvalue weighted by atomic mass is 32.2. The lowest BCUT2D eigenvalue weighted by Crippen LogP contribution is -2.37. The third kappa shape index (κ3) is 9.18. The fraction of sp³-hybridized carbons (Fsp3) is 1.00. The average molecular weight is 234 g/mol. The molecule has 0 aliphatic rings. The Hall–Kier alpha value is 0.230. The first-order valence-corrected chi connectivity index (χ1v) is 7.05. The van der Waals surface area contributed by atoms with Crippen LogP contribution in [0.5, 0.6) is 0 Å². The summed E-state index contributed by atoms with van der Waals surface area (Å²) in [6, 6.07) is 0.461. The van der Waals surface area contributed by atoms with E-state index < -0.39 is 0 Å². The Kier molecular flexibility index (Phi) is 10.9. The fourth-order valence-corrected chi connectivity index (χ4v) is 2.21. The summed E-state index contributed by atoms with van der Waals surface area (Å²) in [4.78, 5) is 0. The molecule has 0 amide bonds. The zero-order chi connectivity index (χ0) is 11.5. The van der Waals surface area contributed by atoms with Crippen molar-refractivity contribution in [2.45, 2.75) is 25.8 Å². The lowest BCUT2D eigenvalue weighted by molar-refractivity contribution is 0.160. The molecular formula is C11H26N2OS. The smallest absolute Gasteiger partial charge is 0.0615 e. The topological polar surface area (TPSA) is 47.3 Å². The van der Waals surface area contributed by atoms with Gasteiger partial charge in [-0.1, -0.05) is 6.92 Å². The molecule has 3 N–H and O–H groups in total. The van der Waals surface area contributed by atoms with E-state index in [1.54, 1.807) is 7.11 Å². The maximum atomic E-state index is 5.50. The highest BCUT2D eigenvalue weighted by molar-refractivity contribution is 7.98. The number of rotatable bonds is 10. The molecule has 0 spiro atoms. The predicted octanol–water partition coefficient (Wildman–Crippen LogP) is 1.33. The van der Waals surface area contributed by atoms with Crippen LogP contribution in [0.3, 0.4) is 0 Å². The van der Waals surface area contributed by atoms with Gasteiger partial charge in [-0.25, -0.2) is 0 Å². The van der Waals surface area contributed by atoms with E-state index in [4.69, 9.17) is 10.5 Å². The van der Waals surface area contributed by atoms with Crippen molar-refractivity contribution >= 4 is 11.8 Å². The molecule has 0 radical (unpaired) electrons. The Morgan fingerprint density at radius 3 is 2.73 bits per heavy atom. The summed E-state index contributed by atoms with van der Waals surface area (Å²) >= 11 is 1.90. The van der Waals surface area contributed by atoms with Gasteiger partial charge in [0.25, 0.3) is 0 Å². The number of nitrogens with one attached hydrogen (secondary N) is 1. The fourth-order valence-electron chi connectivity index (χ4n) is 1.52. The third-order valence-electron chi connectivity index (χ3n) is 2.33. The highest BCUT2D eigenvalue weighted by Gasteiger charge is 2.09. The van der Waals surface area contributed by atoms with Gasteiger partial charge in [-0.2, -0.15) is 11.8 Å². The second kappa shape index (κ2) is 10.7. The first-order valence-electron chi connectivity index (χ1n) is 5.65. The van der Waals surface area contributed by atoms with Crippen molar-refractivity contribution in [1.82, 2.24) is 5.32 Å². The summed E-state index contributed by atoms with van der Waals surface area (Å²) in [5.41, 5.74) is 5.50. The Bertz CT molecular complexity index is 136. The molecule has 4 heteroatoms. The molecule has 0 aromatic heterocycles. The van der Waals surface area contributed by atoms with Crippen molar-refractivity contribution in [3.63, 3.8) is 0 Å². The zero-order valence-electron chi connectivity index (χ0n) is 10.3. The van der Waals surface area contributed by atoms with Crippen LogP contribution in [0.2, 0.25) is 0 Å². The van der Waals surface area contributed by atoms with E-state index >= 15 is 0 Å². The lowest BCUT2D eigenvalue weighted by atomic mass is 10.1. The zero-order valence-corrected chi connectivity index (χ0v) is 11.1. The molecule has 92 valence electrons. The van der Waals surface area contributed by atoms with Crippen LogP contribution in [0.25, 0.3) is 0 Å². The van der Waals surface area contributed by atoms with Crippen LogP contribution in [0.15, 0.2) is 0 Å². The van der Waals surface area contributed by atoms with Gasteiger partial charge in [0.15, 0.2) is 0 Å². The summed E-state index contributed by atoms with van der Waals surface area (Å²) in [7, 11) is 1.75. The maximum absolute atomic E-state index is 5.50. The first kappa shape index (κ1) is 15.2. The summed E-state index contributed by atoms with van der Waals surface area (Å²) in [5, 5.41) is 3.55. The molecule has 15 heavy (non-hydrogen) atoms. The molecule has 0 aliphatic carbocycles. The monoisotopic (exact) mass is 234 g/mol. The number of hydrogen-bond acceptors (Lipinski definition) is 4. The maximum Gasteiger partial charge on any atom is 0.0615 e. The van der Waals surface area contributed by atoms with Gasteiger partial charge in [0.05, 0.1) is 6.61 Å². The summed E-state index contributed by atoms with van der Waals surface area (Å²) < 4.78 is 5.18. The lowest BCUT2D eigenvalue weighted by Gasteiger charge is -2.20. The summed E-state index contributed by atoms with van der Waals surface area (Å²) in [6.07, 6.45) is 4.33. The van der Waals surface area contributed by atoms with Gasteiger partial charge >= 0.3 is 0 Å². The van der Waals surface area contributed by atoms with E-state index in [1.807, 2.05) is 11.8 Å². The summed E-state index contributed by atoms with van der Waals surface area (Å²) in [5.74, 6) is 1.93. The molecule has 0 saturated heterocycles. The van der Waals surface area contributed by atoms with E-state index in [0.717, 1.165) is 38.5 Å². The Labute approximate surface area is 98.5 Å². The molecule has 0 bridgehead atoms. The molecular weight excluding hydrogens is 208 g/mol. The van der Waals surface area contributed by atoms with Gasteiger partial charge < -0.3 is 15.8 Å². The molecule has 3 nitrogen and oxygen atoms in total. The van der Waals surface area contributed by atoms with Gasteiger partial charge in [-0.05, 0) is 43.9 Å². The van der Waals surface area contributed by atoms with E-state index in [2.05, 4.69) is 18.5 Å². The van der Waals surface area contributed by atoms with Crippen LogP contribution in [0.4, 0.5) is 0 Å². The van der Waals surface area contributed by atoms with E-state index in [-0.39, 0.29) is 0 Å². The molecule has 0 heterocycles. The van der Waals surface area contributed by atoms with Gasteiger partial charge in [-0.3, -0.25) is 0 Å². The van der Waals surface area contributed by atoms with Gasteiger partial charge in [0, 0.05) is 13.2 Å². The minimum absolute atomic E-state index is 0.461. The molecule has 0 aliphatic heterocycles. The van der Waals surface area contributed by atoms with Gasteiger partial charge in [-0.15, -0.1) is 0 Å². The van der Waals surface area contributed by atoms with Crippen molar-refractivity contribution in [3.05, 3.63) is 0 Å². The Morgan fingerprint density at radius 1 is 1.47 bits per heavy atom. The van der Waals surface area contributed by atoms with E-state index in [1.165, 1.54) is 5.75 Å². The van der Waals surface area contributed by atoms with Crippen LogP contribution in [-0.4, -0.2) is 44.9 Å². The standard InChI is InChI=1S/C11H26N2OS/c1-10(9-15-3)7-13-11(8-14-2)5-4-6-12/h10-11,13H,4-9,12H2,1-3H3. The van der Waals surface area contributed by atoms with Crippen molar-refractivity contribution in [3.8, 4) is 0 Å². The second-order valence-corrected chi connectivity index (χ2v) is 4.96. The molecule has 0 rings (SSSR count). The van der Waals surface area contributed by atoms with Crippen LogP contribution >= 0.6 is 11.8 Å². The van der Waals surface area contributed by atoms with Gasteiger partial charge in [0.1, 0.15) is 0 Å². The van der Waals surface area contributed by atoms with E-state index in [9.17, 15) is 0 Å². The highest BCUT2D eigenvalue weighted by Crippen LogP contribution is 2.04. The second-order valence-electron chi connectivity index (χ2n) is 4.05. The Balaban J connectivity index is 3.63. The molecule has 0 aromatic carbocycles. The van der Waals surface area contributed by atoms with Crippen molar-refractivity contribution < 1.29 is 4.74 Å². The number of nitrogens with two attached hydrogens (primary N) is 1. The SMILES string of the molecule is COCC(CCCN)NCC(C)CSC. The van der Waals surface area contributed by atoms with Crippen LogP contribution in [0, 0.1) is 5.92 Å². The first-order chi connectivity index (χ1) is 7.24. The van der Waals surface area contributed by atoms with Crippen LogP contribution < -0.4 is 11.1 Å². The average Bonchev–Trinajstić information content (AvgIpc) is 2.22. The number of methoxy groups -OCH3 is 1.